The average Bonchev–Trinajstić information content (AvgIpc) is 2.37. The van der Waals surface area contributed by atoms with Gasteiger partial charge in [-0.25, -0.2) is 0 Å². The lowest BCUT2D eigenvalue weighted by molar-refractivity contribution is 0.370. The summed E-state index contributed by atoms with van der Waals surface area (Å²) in [6, 6.07) is 0. The van der Waals surface area contributed by atoms with Crippen LogP contribution in [0.25, 0.3) is 0 Å². The molecule has 0 heterocycles. The molecule has 2 N–H and O–H groups in total. The minimum absolute atomic E-state index is 0.0546. The highest BCUT2D eigenvalue weighted by molar-refractivity contribution is 7.80. The van der Waals surface area contributed by atoms with Crippen LogP contribution in [-0.2, 0) is 4.57 Å². The van der Waals surface area contributed by atoms with Crippen LogP contribution in [-0.4, -0.2) is 21.2 Å². The van der Waals surface area contributed by atoms with Crippen molar-refractivity contribution in [2.75, 3.05) is 6.16 Å². The molecular formula is C16H35O3PS. The molecule has 0 rings (SSSR count). The van der Waals surface area contributed by atoms with E-state index in [0.29, 0.717) is 11.7 Å². The number of hydrogen-bond donors (Lipinski definition) is 3. The fourth-order valence-corrected chi connectivity index (χ4v) is 3.34. The van der Waals surface area contributed by atoms with Gasteiger partial charge in [0, 0.05) is 6.16 Å². The third kappa shape index (κ3) is 20.5. The lowest BCUT2D eigenvalue weighted by Crippen LogP contribution is -1.90. The van der Waals surface area contributed by atoms with Gasteiger partial charge in [-0.3, -0.25) is 4.57 Å². The van der Waals surface area contributed by atoms with Gasteiger partial charge < -0.3 is 9.79 Å². The van der Waals surface area contributed by atoms with Crippen LogP contribution in [0.5, 0.6) is 0 Å². The van der Waals surface area contributed by atoms with E-state index < -0.39 is 7.60 Å². The third-order valence-corrected chi connectivity index (χ3v) is 4.98. The normalized spacial score (nSPS) is 13.5. The minimum atomic E-state index is -3.76. The van der Waals surface area contributed by atoms with E-state index in [2.05, 4.69) is 19.6 Å². The van der Waals surface area contributed by atoms with Crippen LogP contribution in [0.4, 0.5) is 0 Å². The number of rotatable bonds is 15. The van der Waals surface area contributed by atoms with E-state index in [-0.39, 0.29) is 6.16 Å². The van der Waals surface area contributed by atoms with Gasteiger partial charge in [0.15, 0.2) is 0 Å². The Morgan fingerprint density at radius 2 is 1.10 bits per heavy atom. The second-order valence-electron chi connectivity index (χ2n) is 6.27. The Morgan fingerprint density at radius 3 is 1.43 bits per heavy atom. The van der Waals surface area contributed by atoms with E-state index >= 15 is 0 Å². The quantitative estimate of drug-likeness (QED) is 0.208. The maximum atomic E-state index is 10.7. The summed E-state index contributed by atoms with van der Waals surface area (Å²) >= 11 is 4.39. The van der Waals surface area contributed by atoms with Crippen molar-refractivity contribution in [2.24, 2.45) is 0 Å². The van der Waals surface area contributed by atoms with Crippen LogP contribution in [0.3, 0.4) is 0 Å². The van der Waals surface area contributed by atoms with Crippen molar-refractivity contribution in [3.63, 3.8) is 0 Å². The van der Waals surface area contributed by atoms with Crippen molar-refractivity contribution in [3.05, 3.63) is 0 Å². The Bertz CT molecular complexity index is 266. The van der Waals surface area contributed by atoms with Gasteiger partial charge in [0.2, 0.25) is 0 Å². The molecule has 0 aliphatic rings. The standard InChI is InChI=1S/C16H35O3PS/c1-16(21)14-12-10-8-6-4-2-3-5-7-9-11-13-15-20(17,18)19/h16,21H,2-15H2,1H3,(H2,17,18,19). The highest BCUT2D eigenvalue weighted by Crippen LogP contribution is 2.35. The monoisotopic (exact) mass is 338 g/mol. The van der Waals surface area contributed by atoms with Crippen molar-refractivity contribution in [1.82, 2.24) is 0 Å². The van der Waals surface area contributed by atoms with Gasteiger partial charge in [-0.1, -0.05) is 77.6 Å². The van der Waals surface area contributed by atoms with Gasteiger partial charge in [0.05, 0.1) is 0 Å². The van der Waals surface area contributed by atoms with Crippen molar-refractivity contribution in [1.29, 1.82) is 0 Å². The van der Waals surface area contributed by atoms with Crippen LogP contribution in [0, 0.1) is 0 Å². The molecule has 0 radical (unpaired) electrons. The fraction of sp³-hybridized carbons (Fsp3) is 1.00. The Kier molecular flexibility index (Phi) is 14.5. The molecule has 5 heteroatoms. The van der Waals surface area contributed by atoms with Gasteiger partial charge in [0.1, 0.15) is 0 Å². The zero-order valence-electron chi connectivity index (χ0n) is 13.7. The summed E-state index contributed by atoms with van der Waals surface area (Å²) in [4.78, 5) is 17.5. The van der Waals surface area contributed by atoms with Crippen molar-refractivity contribution >= 4 is 20.2 Å². The van der Waals surface area contributed by atoms with Crippen LogP contribution < -0.4 is 0 Å². The van der Waals surface area contributed by atoms with Crippen LogP contribution >= 0.6 is 20.2 Å². The highest BCUT2D eigenvalue weighted by atomic mass is 32.1. The Morgan fingerprint density at radius 1 is 0.762 bits per heavy atom. The molecule has 0 aromatic carbocycles. The summed E-state index contributed by atoms with van der Waals surface area (Å²) in [7, 11) is -3.76. The van der Waals surface area contributed by atoms with E-state index in [1.807, 2.05) is 0 Å². The van der Waals surface area contributed by atoms with E-state index in [9.17, 15) is 4.57 Å². The summed E-state index contributed by atoms with van der Waals surface area (Å²) < 4.78 is 10.7. The first kappa shape index (κ1) is 21.5. The van der Waals surface area contributed by atoms with Gasteiger partial charge in [-0.05, 0) is 18.1 Å². The zero-order valence-corrected chi connectivity index (χ0v) is 15.5. The van der Waals surface area contributed by atoms with Crippen molar-refractivity contribution in [3.8, 4) is 0 Å². The Balaban J connectivity index is 3.04. The van der Waals surface area contributed by atoms with Crippen LogP contribution in [0.1, 0.15) is 90.4 Å². The molecule has 0 aromatic rings. The molecule has 1 unspecified atom stereocenters. The summed E-state index contributed by atoms with van der Waals surface area (Å²) in [5.41, 5.74) is 0. The molecule has 0 amide bonds. The SMILES string of the molecule is CC(S)CCCCCCCCCCCCCCP(=O)(O)O. The molecular weight excluding hydrogens is 303 g/mol. The average molecular weight is 338 g/mol. The predicted octanol–water partition coefficient (Wildman–Crippen LogP) is 5.55. The molecule has 0 saturated heterocycles. The lowest BCUT2D eigenvalue weighted by atomic mass is 10.0. The van der Waals surface area contributed by atoms with Crippen LogP contribution in [0.2, 0.25) is 0 Å². The molecule has 0 aliphatic carbocycles. The first-order valence-electron chi connectivity index (χ1n) is 8.64. The third-order valence-electron chi connectivity index (χ3n) is 3.82. The van der Waals surface area contributed by atoms with Gasteiger partial charge in [0.25, 0.3) is 0 Å². The Hall–Kier alpha value is 0.500. The molecule has 128 valence electrons. The van der Waals surface area contributed by atoms with Gasteiger partial charge in [-0.15, -0.1) is 0 Å². The molecule has 0 aromatic heterocycles. The molecule has 0 saturated carbocycles. The number of hydrogen-bond acceptors (Lipinski definition) is 2. The minimum Gasteiger partial charge on any atom is -0.324 e. The van der Waals surface area contributed by atoms with Crippen molar-refractivity contribution in [2.45, 2.75) is 95.6 Å². The largest absolute Gasteiger partial charge is 0.325 e. The fourth-order valence-electron chi connectivity index (χ4n) is 2.53. The second kappa shape index (κ2) is 14.1. The maximum Gasteiger partial charge on any atom is 0.325 e. The van der Waals surface area contributed by atoms with Gasteiger partial charge in [-0.2, -0.15) is 12.6 Å². The predicted molar refractivity (Wildman–Crippen MR) is 95.4 cm³/mol. The van der Waals surface area contributed by atoms with E-state index in [0.717, 1.165) is 12.8 Å². The Labute approximate surface area is 136 Å². The molecule has 21 heavy (non-hydrogen) atoms. The molecule has 0 fully saturated rings. The number of unbranched alkanes of at least 4 members (excludes halogenated alkanes) is 11. The molecule has 1 atom stereocenters. The molecule has 3 nitrogen and oxygen atoms in total. The molecule has 0 aliphatic heterocycles. The number of thiol groups is 1. The first-order valence-corrected chi connectivity index (χ1v) is 11.0. The smallest absolute Gasteiger partial charge is 0.324 e. The van der Waals surface area contributed by atoms with Gasteiger partial charge >= 0.3 is 7.60 Å². The molecule has 0 bridgehead atoms. The van der Waals surface area contributed by atoms with E-state index in [1.165, 1.54) is 64.2 Å². The van der Waals surface area contributed by atoms with E-state index in [1.54, 1.807) is 0 Å². The zero-order chi connectivity index (χ0) is 16.0. The first-order chi connectivity index (χ1) is 9.92. The second-order valence-corrected chi connectivity index (χ2v) is 8.93. The summed E-state index contributed by atoms with van der Waals surface area (Å²) in [5, 5.41) is 0.548. The maximum absolute atomic E-state index is 10.7. The van der Waals surface area contributed by atoms with Crippen LogP contribution in [0.15, 0.2) is 0 Å². The molecule has 0 spiro atoms. The highest BCUT2D eigenvalue weighted by Gasteiger charge is 2.10. The van der Waals surface area contributed by atoms with Crippen molar-refractivity contribution < 1.29 is 14.4 Å². The summed E-state index contributed by atoms with van der Waals surface area (Å²) in [6.45, 7) is 2.16. The topological polar surface area (TPSA) is 57.5 Å². The summed E-state index contributed by atoms with van der Waals surface area (Å²) in [5.74, 6) is 0. The summed E-state index contributed by atoms with van der Waals surface area (Å²) in [6.07, 6.45) is 15.9. The lowest BCUT2D eigenvalue weighted by Gasteiger charge is -2.05. The van der Waals surface area contributed by atoms with E-state index in [4.69, 9.17) is 9.79 Å².